The monoisotopic (exact) mass is 272 g/mol. The predicted molar refractivity (Wildman–Crippen MR) is 79.3 cm³/mol. The molecule has 0 saturated heterocycles. The van der Waals surface area contributed by atoms with Gasteiger partial charge in [-0.05, 0) is 31.2 Å². The summed E-state index contributed by atoms with van der Waals surface area (Å²) in [6.07, 6.45) is 0. The van der Waals surface area contributed by atoms with Gasteiger partial charge >= 0.3 is 0 Å². The number of nitrogen functional groups attached to an aromatic ring is 1. The number of hydrogen-bond donors (Lipinski definition) is 1. The van der Waals surface area contributed by atoms with Gasteiger partial charge in [-0.15, -0.1) is 11.3 Å². The van der Waals surface area contributed by atoms with E-state index in [2.05, 4.69) is 48.3 Å². The number of nitrogens with two attached hydrogens (primary N) is 1. The second-order valence-electron chi connectivity index (χ2n) is 4.10. The molecule has 4 heteroatoms. The number of thiazole rings is 1. The SMILES string of the molecule is Cc1cccc(Sc2ccc3scnc3c2N)c1. The van der Waals surface area contributed by atoms with Crippen LogP contribution in [0.5, 0.6) is 0 Å². The molecule has 2 nitrogen and oxygen atoms in total. The number of aryl methyl sites for hydroxylation is 1. The highest BCUT2D eigenvalue weighted by molar-refractivity contribution is 7.99. The van der Waals surface area contributed by atoms with E-state index in [1.165, 1.54) is 10.5 Å². The number of aromatic nitrogens is 1. The summed E-state index contributed by atoms with van der Waals surface area (Å²) >= 11 is 3.30. The minimum atomic E-state index is 0.778. The first kappa shape index (κ1) is 11.6. The van der Waals surface area contributed by atoms with Gasteiger partial charge in [-0.25, -0.2) is 4.98 Å². The minimum Gasteiger partial charge on any atom is -0.396 e. The summed E-state index contributed by atoms with van der Waals surface area (Å²) in [6, 6.07) is 12.6. The summed E-state index contributed by atoms with van der Waals surface area (Å²) < 4.78 is 1.14. The van der Waals surface area contributed by atoms with Gasteiger partial charge < -0.3 is 5.73 Å². The van der Waals surface area contributed by atoms with E-state index in [0.717, 1.165) is 20.8 Å². The molecule has 0 aliphatic rings. The van der Waals surface area contributed by atoms with Crippen molar-refractivity contribution in [1.29, 1.82) is 0 Å². The molecule has 18 heavy (non-hydrogen) atoms. The zero-order chi connectivity index (χ0) is 12.5. The molecular formula is C14H12N2S2. The topological polar surface area (TPSA) is 38.9 Å². The zero-order valence-electron chi connectivity index (χ0n) is 9.88. The van der Waals surface area contributed by atoms with Gasteiger partial charge in [0, 0.05) is 9.79 Å². The second kappa shape index (κ2) is 4.63. The highest BCUT2D eigenvalue weighted by atomic mass is 32.2. The largest absolute Gasteiger partial charge is 0.396 e. The van der Waals surface area contributed by atoms with E-state index in [0.29, 0.717) is 0 Å². The molecule has 0 unspecified atom stereocenters. The average molecular weight is 272 g/mol. The van der Waals surface area contributed by atoms with Gasteiger partial charge in [0.1, 0.15) is 5.52 Å². The van der Waals surface area contributed by atoms with E-state index in [9.17, 15) is 0 Å². The first-order valence-electron chi connectivity index (χ1n) is 5.60. The van der Waals surface area contributed by atoms with E-state index < -0.39 is 0 Å². The maximum atomic E-state index is 6.17. The fourth-order valence-electron chi connectivity index (χ4n) is 1.83. The van der Waals surface area contributed by atoms with Crippen LogP contribution < -0.4 is 5.73 Å². The summed E-state index contributed by atoms with van der Waals surface area (Å²) in [6.45, 7) is 2.09. The summed E-state index contributed by atoms with van der Waals surface area (Å²) in [5.41, 5.74) is 11.0. The van der Waals surface area contributed by atoms with Gasteiger partial charge in [0.15, 0.2) is 0 Å². The molecule has 3 aromatic rings. The van der Waals surface area contributed by atoms with Crippen LogP contribution >= 0.6 is 23.1 Å². The minimum absolute atomic E-state index is 0.778. The molecule has 1 aromatic heterocycles. The standard InChI is InChI=1S/C14H12N2S2/c1-9-3-2-4-10(7-9)18-11-5-6-12-14(13(11)15)16-8-17-12/h2-8H,15H2,1H3. The highest BCUT2D eigenvalue weighted by Crippen LogP contribution is 2.36. The Bertz CT molecular complexity index is 704. The van der Waals surface area contributed by atoms with Crippen LogP contribution in [0.2, 0.25) is 0 Å². The summed E-state index contributed by atoms with van der Waals surface area (Å²) in [4.78, 5) is 6.59. The molecule has 0 fully saturated rings. The van der Waals surface area contributed by atoms with Crippen LogP contribution in [0.25, 0.3) is 10.2 Å². The number of benzene rings is 2. The normalized spacial score (nSPS) is 10.9. The lowest BCUT2D eigenvalue weighted by Gasteiger charge is -2.06. The van der Waals surface area contributed by atoms with Crippen LogP contribution in [0.3, 0.4) is 0 Å². The fraction of sp³-hybridized carbons (Fsp3) is 0.0714. The Morgan fingerprint density at radius 3 is 2.94 bits per heavy atom. The van der Waals surface area contributed by atoms with E-state index in [1.807, 2.05) is 5.51 Å². The third kappa shape index (κ3) is 2.09. The van der Waals surface area contributed by atoms with Crippen molar-refractivity contribution in [3.8, 4) is 0 Å². The van der Waals surface area contributed by atoms with Crippen molar-refractivity contribution in [3.63, 3.8) is 0 Å². The molecule has 3 rings (SSSR count). The Balaban J connectivity index is 2.02. The third-order valence-corrected chi connectivity index (χ3v) is 4.58. The highest BCUT2D eigenvalue weighted by Gasteiger charge is 2.08. The Morgan fingerprint density at radius 1 is 1.22 bits per heavy atom. The van der Waals surface area contributed by atoms with Gasteiger partial charge in [-0.3, -0.25) is 0 Å². The molecule has 0 amide bonds. The Hall–Kier alpha value is -1.52. The van der Waals surface area contributed by atoms with Crippen LogP contribution in [0.15, 0.2) is 51.7 Å². The number of hydrogen-bond acceptors (Lipinski definition) is 4. The van der Waals surface area contributed by atoms with Crippen molar-refractivity contribution in [2.24, 2.45) is 0 Å². The first-order valence-corrected chi connectivity index (χ1v) is 7.30. The molecule has 0 saturated carbocycles. The van der Waals surface area contributed by atoms with Crippen LogP contribution in [0, 0.1) is 6.92 Å². The van der Waals surface area contributed by atoms with Crippen molar-refractivity contribution in [1.82, 2.24) is 4.98 Å². The number of fused-ring (bicyclic) bond motifs is 1. The lowest BCUT2D eigenvalue weighted by molar-refractivity contribution is 1.35. The summed E-state index contributed by atoms with van der Waals surface area (Å²) in [7, 11) is 0. The lowest BCUT2D eigenvalue weighted by Crippen LogP contribution is -1.90. The van der Waals surface area contributed by atoms with Gasteiger partial charge in [-0.1, -0.05) is 29.5 Å². The van der Waals surface area contributed by atoms with Crippen LogP contribution in [0.1, 0.15) is 5.56 Å². The van der Waals surface area contributed by atoms with Gasteiger partial charge in [0.25, 0.3) is 0 Å². The first-order chi connectivity index (χ1) is 8.74. The smallest absolute Gasteiger partial charge is 0.105 e. The molecule has 0 radical (unpaired) electrons. The molecule has 1 heterocycles. The maximum Gasteiger partial charge on any atom is 0.105 e. The maximum absolute atomic E-state index is 6.17. The van der Waals surface area contributed by atoms with Gasteiger partial charge in [0.05, 0.1) is 15.9 Å². The van der Waals surface area contributed by atoms with Crippen molar-refractivity contribution in [3.05, 3.63) is 47.5 Å². The molecule has 2 N–H and O–H groups in total. The average Bonchev–Trinajstić information content (AvgIpc) is 2.82. The van der Waals surface area contributed by atoms with E-state index >= 15 is 0 Å². The molecule has 0 aliphatic heterocycles. The van der Waals surface area contributed by atoms with Crippen molar-refractivity contribution < 1.29 is 0 Å². The predicted octanol–water partition coefficient (Wildman–Crippen LogP) is 4.34. The summed E-state index contributed by atoms with van der Waals surface area (Å²) in [5.74, 6) is 0. The molecule has 0 spiro atoms. The van der Waals surface area contributed by atoms with E-state index in [4.69, 9.17) is 5.73 Å². The number of nitrogens with zero attached hydrogens (tertiary/aromatic N) is 1. The molecule has 90 valence electrons. The third-order valence-electron chi connectivity index (χ3n) is 2.72. The molecule has 0 atom stereocenters. The van der Waals surface area contributed by atoms with E-state index in [1.54, 1.807) is 23.1 Å². The van der Waals surface area contributed by atoms with Crippen LogP contribution in [-0.4, -0.2) is 4.98 Å². The Morgan fingerprint density at radius 2 is 2.11 bits per heavy atom. The second-order valence-corrected chi connectivity index (χ2v) is 6.10. The molecule has 2 aromatic carbocycles. The Labute approximate surface area is 114 Å². The van der Waals surface area contributed by atoms with Crippen molar-refractivity contribution in [2.75, 3.05) is 5.73 Å². The van der Waals surface area contributed by atoms with Gasteiger partial charge in [0.2, 0.25) is 0 Å². The van der Waals surface area contributed by atoms with E-state index in [-0.39, 0.29) is 0 Å². The molecule has 0 bridgehead atoms. The van der Waals surface area contributed by atoms with Crippen molar-refractivity contribution >= 4 is 39.0 Å². The molecular weight excluding hydrogens is 260 g/mol. The van der Waals surface area contributed by atoms with Crippen LogP contribution in [-0.2, 0) is 0 Å². The Kier molecular flexibility index (Phi) is 2.97. The number of anilines is 1. The quantitative estimate of drug-likeness (QED) is 0.705. The van der Waals surface area contributed by atoms with Crippen LogP contribution in [0.4, 0.5) is 5.69 Å². The van der Waals surface area contributed by atoms with Gasteiger partial charge in [-0.2, -0.15) is 0 Å². The lowest BCUT2D eigenvalue weighted by atomic mass is 10.2. The summed E-state index contributed by atoms with van der Waals surface area (Å²) in [5, 5.41) is 0. The fourth-order valence-corrected chi connectivity index (χ4v) is 3.51. The zero-order valence-corrected chi connectivity index (χ0v) is 11.5. The molecule has 0 aliphatic carbocycles. The number of rotatable bonds is 2. The van der Waals surface area contributed by atoms with Crippen molar-refractivity contribution in [2.45, 2.75) is 16.7 Å².